The van der Waals surface area contributed by atoms with E-state index in [0.717, 1.165) is 12.2 Å². The van der Waals surface area contributed by atoms with Crippen LogP contribution in [-0.2, 0) is 19.7 Å². The van der Waals surface area contributed by atoms with Crippen molar-refractivity contribution in [1.82, 2.24) is 4.90 Å². The summed E-state index contributed by atoms with van der Waals surface area (Å²) in [5.74, 6) is -0.246. The van der Waals surface area contributed by atoms with Crippen LogP contribution in [0.3, 0.4) is 0 Å². The molecule has 0 N–H and O–H groups in total. The van der Waals surface area contributed by atoms with Crippen LogP contribution in [-0.4, -0.2) is 43.6 Å². The number of para-hydroxylation sites is 1. The highest BCUT2D eigenvalue weighted by atomic mass is 16.5. The Hall–Kier alpha value is -2.04. The molecule has 2 rings (SSSR count). The molecule has 1 amide bonds. The number of hydrogen-bond acceptors (Lipinski definition) is 4. The molecule has 1 aliphatic rings. The highest BCUT2D eigenvalue weighted by Crippen LogP contribution is 2.31. The van der Waals surface area contributed by atoms with Gasteiger partial charge in [-0.05, 0) is 23.5 Å². The van der Waals surface area contributed by atoms with Crippen molar-refractivity contribution in [3.05, 3.63) is 29.8 Å². The van der Waals surface area contributed by atoms with Gasteiger partial charge in [0.05, 0.1) is 13.7 Å². The number of esters is 1. The number of methoxy groups -OCH3 is 1. The zero-order chi connectivity index (χ0) is 17.0. The van der Waals surface area contributed by atoms with Gasteiger partial charge >= 0.3 is 11.9 Å². The van der Waals surface area contributed by atoms with Gasteiger partial charge in [-0.15, -0.1) is 0 Å². The molecule has 1 unspecified atom stereocenters. The maximum absolute atomic E-state index is 11.8. The average Bonchev–Trinajstić information content (AvgIpc) is 2.99. The van der Waals surface area contributed by atoms with Crippen molar-refractivity contribution < 1.29 is 19.1 Å². The topological polar surface area (TPSA) is 55.8 Å². The van der Waals surface area contributed by atoms with Gasteiger partial charge in [-0.1, -0.05) is 39.0 Å². The predicted octanol–water partition coefficient (Wildman–Crippen LogP) is 2.38. The lowest BCUT2D eigenvalue weighted by Gasteiger charge is -2.23. The number of benzene rings is 1. The van der Waals surface area contributed by atoms with Gasteiger partial charge < -0.3 is 14.4 Å². The summed E-state index contributed by atoms with van der Waals surface area (Å²) in [5, 5.41) is 0. The third kappa shape index (κ3) is 4.24. The third-order valence-electron chi connectivity index (χ3n) is 4.10. The highest BCUT2D eigenvalue weighted by Gasteiger charge is 2.31. The molecule has 0 radical (unpaired) electrons. The van der Waals surface area contributed by atoms with E-state index < -0.39 is 11.9 Å². The third-order valence-corrected chi connectivity index (χ3v) is 4.10. The van der Waals surface area contributed by atoms with Gasteiger partial charge in [0.25, 0.3) is 0 Å². The molecule has 5 nitrogen and oxygen atoms in total. The van der Waals surface area contributed by atoms with E-state index in [2.05, 4.69) is 31.6 Å². The molecule has 0 bridgehead atoms. The Kier molecular flexibility index (Phi) is 5.29. The molecule has 0 aromatic heterocycles. The number of carbonyl (C=O) groups is 2. The fraction of sp³-hybridized carbons (Fsp3) is 0.556. The highest BCUT2D eigenvalue weighted by molar-refractivity contribution is 6.32. The van der Waals surface area contributed by atoms with E-state index >= 15 is 0 Å². The monoisotopic (exact) mass is 319 g/mol. The van der Waals surface area contributed by atoms with Gasteiger partial charge in [0.15, 0.2) is 0 Å². The number of ether oxygens (including phenoxy) is 2. The van der Waals surface area contributed by atoms with Crippen LogP contribution in [0, 0.1) is 5.92 Å². The lowest BCUT2D eigenvalue weighted by Crippen LogP contribution is -2.35. The zero-order valence-corrected chi connectivity index (χ0v) is 14.3. The maximum Gasteiger partial charge on any atom is 0.396 e. The summed E-state index contributed by atoms with van der Waals surface area (Å²) in [6, 6.07) is 8.04. The Morgan fingerprint density at radius 3 is 2.61 bits per heavy atom. The van der Waals surface area contributed by atoms with Crippen LogP contribution < -0.4 is 4.74 Å². The Labute approximate surface area is 137 Å². The number of rotatable bonds is 3. The summed E-state index contributed by atoms with van der Waals surface area (Å²) in [4.78, 5) is 24.6. The van der Waals surface area contributed by atoms with Crippen molar-refractivity contribution in [2.75, 3.05) is 26.8 Å². The van der Waals surface area contributed by atoms with Crippen LogP contribution in [0.5, 0.6) is 5.75 Å². The van der Waals surface area contributed by atoms with E-state index in [9.17, 15) is 9.59 Å². The van der Waals surface area contributed by atoms with Gasteiger partial charge in [0.1, 0.15) is 5.75 Å². The average molecular weight is 319 g/mol. The SMILES string of the molecule is COC(=O)C(=O)N1CCC(COc2ccccc2C(C)(C)C)C1. The molecule has 1 aromatic carbocycles. The van der Waals surface area contributed by atoms with Crippen molar-refractivity contribution >= 4 is 11.9 Å². The van der Waals surface area contributed by atoms with Crippen LogP contribution in [0.2, 0.25) is 0 Å². The first kappa shape index (κ1) is 17.3. The van der Waals surface area contributed by atoms with Crippen LogP contribution >= 0.6 is 0 Å². The molecule has 0 saturated carbocycles. The van der Waals surface area contributed by atoms with E-state index in [1.54, 1.807) is 0 Å². The summed E-state index contributed by atoms with van der Waals surface area (Å²) in [5.41, 5.74) is 1.18. The van der Waals surface area contributed by atoms with Gasteiger partial charge in [0, 0.05) is 19.0 Å². The minimum atomic E-state index is -0.801. The molecular formula is C18H25NO4. The van der Waals surface area contributed by atoms with E-state index in [1.807, 2.05) is 18.2 Å². The molecule has 1 fully saturated rings. The van der Waals surface area contributed by atoms with Crippen molar-refractivity contribution in [3.8, 4) is 5.75 Å². The van der Waals surface area contributed by atoms with E-state index in [-0.39, 0.29) is 11.3 Å². The summed E-state index contributed by atoms with van der Waals surface area (Å²) >= 11 is 0. The molecule has 126 valence electrons. The van der Waals surface area contributed by atoms with Crippen molar-refractivity contribution in [2.45, 2.75) is 32.6 Å². The molecule has 1 saturated heterocycles. The Balaban J connectivity index is 1.94. The van der Waals surface area contributed by atoms with Crippen LogP contribution in [0.15, 0.2) is 24.3 Å². The summed E-state index contributed by atoms with van der Waals surface area (Å²) in [6.45, 7) is 8.11. The second-order valence-corrected chi connectivity index (χ2v) is 6.95. The Bertz CT molecular complexity index is 577. The molecule has 0 spiro atoms. The number of likely N-dealkylation sites (tertiary alicyclic amines) is 1. The van der Waals surface area contributed by atoms with Crippen LogP contribution in [0.4, 0.5) is 0 Å². The molecule has 1 aromatic rings. The van der Waals surface area contributed by atoms with Crippen molar-refractivity contribution in [2.24, 2.45) is 5.92 Å². The maximum atomic E-state index is 11.8. The summed E-state index contributed by atoms with van der Waals surface area (Å²) in [7, 11) is 1.22. The summed E-state index contributed by atoms with van der Waals surface area (Å²) < 4.78 is 10.5. The molecule has 23 heavy (non-hydrogen) atoms. The van der Waals surface area contributed by atoms with E-state index in [4.69, 9.17) is 4.74 Å². The normalized spacial score (nSPS) is 17.9. The smallest absolute Gasteiger partial charge is 0.396 e. The second kappa shape index (κ2) is 7.02. The summed E-state index contributed by atoms with van der Waals surface area (Å²) in [6.07, 6.45) is 0.834. The lowest BCUT2D eigenvalue weighted by molar-refractivity contribution is -0.157. The molecule has 1 atom stereocenters. The number of hydrogen-bond donors (Lipinski definition) is 0. The van der Waals surface area contributed by atoms with Crippen molar-refractivity contribution in [3.63, 3.8) is 0 Å². The van der Waals surface area contributed by atoms with E-state index in [0.29, 0.717) is 19.7 Å². The minimum absolute atomic E-state index is 0.0131. The van der Waals surface area contributed by atoms with Crippen LogP contribution in [0.25, 0.3) is 0 Å². The Morgan fingerprint density at radius 2 is 1.96 bits per heavy atom. The first-order chi connectivity index (χ1) is 10.8. The number of amides is 1. The fourth-order valence-corrected chi connectivity index (χ4v) is 2.79. The number of carbonyl (C=O) groups excluding carboxylic acids is 2. The second-order valence-electron chi connectivity index (χ2n) is 6.95. The van der Waals surface area contributed by atoms with Gasteiger partial charge in [-0.2, -0.15) is 0 Å². The lowest BCUT2D eigenvalue weighted by atomic mass is 9.86. The predicted molar refractivity (Wildman–Crippen MR) is 87.3 cm³/mol. The standard InChI is InChI=1S/C18H25NO4/c1-18(2,3)14-7-5-6-8-15(14)23-12-13-9-10-19(11-13)16(20)17(21)22-4/h5-8,13H,9-12H2,1-4H3. The molecule has 5 heteroatoms. The van der Waals surface area contributed by atoms with Crippen molar-refractivity contribution in [1.29, 1.82) is 0 Å². The largest absolute Gasteiger partial charge is 0.493 e. The first-order valence-corrected chi connectivity index (χ1v) is 7.92. The first-order valence-electron chi connectivity index (χ1n) is 7.92. The van der Waals surface area contributed by atoms with Gasteiger partial charge in [-0.3, -0.25) is 4.79 Å². The van der Waals surface area contributed by atoms with Crippen LogP contribution in [0.1, 0.15) is 32.8 Å². The van der Waals surface area contributed by atoms with Gasteiger partial charge in [-0.25, -0.2) is 4.79 Å². The quantitative estimate of drug-likeness (QED) is 0.634. The fourth-order valence-electron chi connectivity index (χ4n) is 2.79. The molecule has 0 aliphatic carbocycles. The molecule has 1 aliphatic heterocycles. The Morgan fingerprint density at radius 1 is 1.26 bits per heavy atom. The minimum Gasteiger partial charge on any atom is -0.493 e. The van der Waals surface area contributed by atoms with E-state index in [1.165, 1.54) is 17.6 Å². The molecule has 1 heterocycles. The zero-order valence-electron chi connectivity index (χ0n) is 14.3. The number of nitrogens with zero attached hydrogens (tertiary/aromatic N) is 1. The molecular weight excluding hydrogens is 294 g/mol. The van der Waals surface area contributed by atoms with Gasteiger partial charge in [0.2, 0.25) is 0 Å².